The molecule has 0 bridgehead atoms. The highest BCUT2D eigenvalue weighted by Crippen LogP contribution is 2.19. The van der Waals surface area contributed by atoms with Crippen LogP contribution in [0.15, 0.2) is 30.6 Å². The van der Waals surface area contributed by atoms with Gasteiger partial charge >= 0.3 is 0 Å². The molecule has 2 atom stereocenters. The lowest BCUT2D eigenvalue weighted by molar-refractivity contribution is -0.00998. The van der Waals surface area contributed by atoms with Gasteiger partial charge in [0.2, 0.25) is 0 Å². The highest BCUT2D eigenvalue weighted by Gasteiger charge is 2.11. The highest BCUT2D eigenvalue weighted by atomic mass is 35.5. The second-order valence-electron chi connectivity index (χ2n) is 4.58. The van der Waals surface area contributed by atoms with Gasteiger partial charge in [-0.25, -0.2) is 9.67 Å². The Kier molecular flexibility index (Phi) is 5.28. The third-order valence-corrected chi connectivity index (χ3v) is 3.16. The van der Waals surface area contributed by atoms with Crippen molar-refractivity contribution in [3.8, 4) is 6.07 Å². The number of aliphatic hydroxyl groups excluding tert-OH is 1. The predicted octanol–water partition coefficient (Wildman–Crippen LogP) is 1.94. The quantitative estimate of drug-likeness (QED) is 0.881. The zero-order valence-electron chi connectivity index (χ0n) is 11.5. The van der Waals surface area contributed by atoms with E-state index in [9.17, 15) is 5.11 Å². The number of rotatable bonds is 6. The van der Waals surface area contributed by atoms with Gasteiger partial charge in [0.05, 0.1) is 25.4 Å². The van der Waals surface area contributed by atoms with E-state index in [2.05, 4.69) is 10.1 Å². The Hall–Kier alpha value is -1.94. The summed E-state index contributed by atoms with van der Waals surface area (Å²) in [7, 11) is 0. The van der Waals surface area contributed by atoms with Gasteiger partial charge in [0.25, 0.3) is 5.82 Å². The molecule has 0 spiro atoms. The van der Waals surface area contributed by atoms with Gasteiger partial charge in [-0.3, -0.25) is 0 Å². The zero-order chi connectivity index (χ0) is 15.2. The van der Waals surface area contributed by atoms with Crippen LogP contribution in [0.5, 0.6) is 0 Å². The first-order chi connectivity index (χ1) is 10.1. The molecule has 110 valence electrons. The van der Waals surface area contributed by atoms with Gasteiger partial charge in [0.15, 0.2) is 0 Å². The fourth-order valence-corrected chi connectivity index (χ4v) is 1.91. The number of halogens is 1. The first-order valence-corrected chi connectivity index (χ1v) is 6.81. The molecule has 1 N–H and O–H groups in total. The molecule has 2 rings (SSSR count). The van der Waals surface area contributed by atoms with Gasteiger partial charge in [-0.05, 0) is 24.6 Å². The number of hydrogen-bond acceptors (Lipinski definition) is 5. The van der Waals surface area contributed by atoms with E-state index < -0.39 is 6.10 Å². The van der Waals surface area contributed by atoms with Crippen LogP contribution < -0.4 is 0 Å². The Morgan fingerprint density at radius 1 is 1.43 bits per heavy atom. The lowest BCUT2D eigenvalue weighted by Gasteiger charge is -2.16. The van der Waals surface area contributed by atoms with Crippen molar-refractivity contribution in [3.05, 3.63) is 47.0 Å². The van der Waals surface area contributed by atoms with Crippen molar-refractivity contribution in [2.24, 2.45) is 0 Å². The molecular formula is C14H15ClN4O2. The summed E-state index contributed by atoms with van der Waals surface area (Å²) in [4.78, 5) is 3.77. The average molecular weight is 307 g/mol. The maximum absolute atomic E-state index is 9.91. The number of nitriles is 1. The molecule has 6 nitrogen and oxygen atoms in total. The van der Waals surface area contributed by atoms with Crippen molar-refractivity contribution in [3.63, 3.8) is 0 Å². The SMILES string of the molecule is C[C@@H](OC[C@H](O)Cn1cnc(C#N)n1)c1ccc(Cl)cc1. The zero-order valence-corrected chi connectivity index (χ0v) is 12.2. The standard InChI is InChI=1S/C14H15ClN4O2/c1-10(11-2-4-12(15)5-3-11)21-8-13(20)7-19-9-17-14(6-16)18-19/h2-5,9-10,13,20H,7-8H2,1H3/t10-,13-/m1/s1. The Labute approximate surface area is 127 Å². The van der Waals surface area contributed by atoms with Crippen molar-refractivity contribution in [2.45, 2.75) is 25.7 Å². The molecule has 0 aliphatic heterocycles. The van der Waals surface area contributed by atoms with Crippen LogP contribution in [0, 0.1) is 11.3 Å². The maximum atomic E-state index is 9.91. The van der Waals surface area contributed by atoms with Crippen molar-refractivity contribution < 1.29 is 9.84 Å². The number of benzene rings is 1. The summed E-state index contributed by atoms with van der Waals surface area (Å²) in [6.45, 7) is 2.28. The highest BCUT2D eigenvalue weighted by molar-refractivity contribution is 6.30. The smallest absolute Gasteiger partial charge is 0.252 e. The van der Waals surface area contributed by atoms with Crippen LogP contribution in [0.25, 0.3) is 0 Å². The van der Waals surface area contributed by atoms with Crippen molar-refractivity contribution in [2.75, 3.05) is 6.61 Å². The van der Waals surface area contributed by atoms with Gasteiger partial charge in [-0.2, -0.15) is 5.26 Å². The lowest BCUT2D eigenvalue weighted by atomic mass is 10.1. The van der Waals surface area contributed by atoms with E-state index in [1.54, 1.807) is 12.1 Å². The Morgan fingerprint density at radius 3 is 2.76 bits per heavy atom. The molecule has 0 fully saturated rings. The molecule has 0 radical (unpaired) electrons. The van der Waals surface area contributed by atoms with Crippen LogP contribution >= 0.6 is 11.6 Å². The van der Waals surface area contributed by atoms with Gasteiger partial charge < -0.3 is 9.84 Å². The van der Waals surface area contributed by atoms with E-state index in [1.165, 1.54) is 11.0 Å². The van der Waals surface area contributed by atoms with E-state index in [0.717, 1.165) is 5.56 Å². The second-order valence-corrected chi connectivity index (χ2v) is 5.02. The minimum atomic E-state index is -0.729. The van der Waals surface area contributed by atoms with Crippen molar-refractivity contribution in [1.29, 1.82) is 5.26 Å². The first-order valence-electron chi connectivity index (χ1n) is 6.43. The maximum Gasteiger partial charge on any atom is 0.252 e. The minimum absolute atomic E-state index is 0.0812. The third kappa shape index (κ3) is 4.53. The summed E-state index contributed by atoms with van der Waals surface area (Å²) < 4.78 is 7.03. The number of aromatic nitrogens is 3. The van der Waals surface area contributed by atoms with Crippen LogP contribution in [0.2, 0.25) is 5.02 Å². The molecule has 0 aliphatic carbocycles. The van der Waals surface area contributed by atoms with Crippen molar-refractivity contribution >= 4 is 11.6 Å². The average Bonchev–Trinajstić information content (AvgIpc) is 2.93. The second kappa shape index (κ2) is 7.18. The van der Waals surface area contributed by atoms with E-state index in [0.29, 0.717) is 5.02 Å². The van der Waals surface area contributed by atoms with Gasteiger partial charge in [-0.1, -0.05) is 23.7 Å². The molecule has 7 heteroatoms. The summed E-state index contributed by atoms with van der Waals surface area (Å²) in [5.74, 6) is 0.0812. The molecule has 2 aromatic rings. The first kappa shape index (κ1) is 15.4. The molecule has 21 heavy (non-hydrogen) atoms. The van der Waals surface area contributed by atoms with Gasteiger partial charge in [-0.15, -0.1) is 5.10 Å². The fraction of sp³-hybridized carbons (Fsp3) is 0.357. The molecule has 0 saturated carbocycles. The monoisotopic (exact) mass is 306 g/mol. The normalized spacial score (nSPS) is 13.6. The molecule has 1 heterocycles. The van der Waals surface area contributed by atoms with E-state index in [-0.39, 0.29) is 25.1 Å². The summed E-state index contributed by atoms with van der Waals surface area (Å²) >= 11 is 5.83. The fourth-order valence-electron chi connectivity index (χ4n) is 1.79. The summed E-state index contributed by atoms with van der Waals surface area (Å²) in [5.41, 5.74) is 0.985. The third-order valence-electron chi connectivity index (χ3n) is 2.91. The van der Waals surface area contributed by atoms with E-state index >= 15 is 0 Å². The van der Waals surface area contributed by atoms with Gasteiger partial charge in [0, 0.05) is 5.02 Å². The summed E-state index contributed by atoms with van der Waals surface area (Å²) in [6, 6.07) is 9.20. The molecule has 0 saturated heterocycles. The van der Waals surface area contributed by atoms with Gasteiger partial charge in [0.1, 0.15) is 12.4 Å². The van der Waals surface area contributed by atoms with E-state index in [1.807, 2.05) is 25.1 Å². The Bertz CT molecular complexity index is 621. The largest absolute Gasteiger partial charge is 0.389 e. The van der Waals surface area contributed by atoms with Crippen LogP contribution in [-0.4, -0.2) is 32.6 Å². The molecule has 0 amide bonds. The molecule has 1 aromatic heterocycles. The summed E-state index contributed by atoms with van der Waals surface area (Å²) in [5, 5.41) is 23.1. The van der Waals surface area contributed by atoms with Crippen LogP contribution in [0.1, 0.15) is 24.4 Å². The number of nitrogens with zero attached hydrogens (tertiary/aromatic N) is 4. The molecule has 0 aliphatic rings. The number of aliphatic hydroxyl groups is 1. The molecular weight excluding hydrogens is 292 g/mol. The van der Waals surface area contributed by atoms with Crippen LogP contribution in [0.4, 0.5) is 0 Å². The predicted molar refractivity (Wildman–Crippen MR) is 76.6 cm³/mol. The lowest BCUT2D eigenvalue weighted by Crippen LogP contribution is -2.23. The molecule has 0 unspecified atom stereocenters. The Morgan fingerprint density at radius 2 is 2.14 bits per heavy atom. The molecule has 1 aromatic carbocycles. The summed E-state index contributed by atoms with van der Waals surface area (Å²) in [6.07, 6.45) is 0.528. The minimum Gasteiger partial charge on any atom is -0.389 e. The number of ether oxygens (including phenoxy) is 1. The number of hydrogen-bond donors (Lipinski definition) is 1. The van der Waals surface area contributed by atoms with Crippen LogP contribution in [0.3, 0.4) is 0 Å². The Balaban J connectivity index is 1.81. The van der Waals surface area contributed by atoms with Crippen molar-refractivity contribution in [1.82, 2.24) is 14.8 Å². The van der Waals surface area contributed by atoms with Crippen LogP contribution in [-0.2, 0) is 11.3 Å². The van der Waals surface area contributed by atoms with E-state index in [4.69, 9.17) is 21.6 Å². The topological polar surface area (TPSA) is 84.0 Å².